The summed E-state index contributed by atoms with van der Waals surface area (Å²) in [4.78, 5) is 0. The summed E-state index contributed by atoms with van der Waals surface area (Å²) >= 11 is 0. The molecule has 4 heteroatoms. The van der Waals surface area contributed by atoms with Gasteiger partial charge in [-0.15, -0.1) is 0 Å². The van der Waals surface area contributed by atoms with Crippen molar-refractivity contribution >= 4 is 0 Å². The summed E-state index contributed by atoms with van der Waals surface area (Å²) in [5.74, 6) is 0.803. The van der Waals surface area contributed by atoms with E-state index in [0.29, 0.717) is 6.54 Å². The molecule has 1 aromatic heterocycles. The van der Waals surface area contributed by atoms with Crippen LogP contribution in [0.1, 0.15) is 32.2 Å². The van der Waals surface area contributed by atoms with Gasteiger partial charge in [0.15, 0.2) is 0 Å². The van der Waals surface area contributed by atoms with E-state index in [1.807, 2.05) is 19.9 Å². The van der Waals surface area contributed by atoms with Crippen LogP contribution in [-0.4, -0.2) is 21.9 Å². The minimum atomic E-state index is -0.723. The smallest absolute Gasteiger partial charge is 0.133 e. The van der Waals surface area contributed by atoms with Crippen LogP contribution in [0.15, 0.2) is 10.6 Å². The zero-order valence-corrected chi connectivity index (χ0v) is 9.16. The first-order chi connectivity index (χ1) is 6.39. The van der Waals surface area contributed by atoms with Gasteiger partial charge in [0.1, 0.15) is 5.76 Å². The molecule has 0 aromatic carbocycles. The molecule has 0 saturated heterocycles. The third kappa shape index (κ3) is 3.12. The second-order valence-corrected chi connectivity index (χ2v) is 4.19. The van der Waals surface area contributed by atoms with Crippen molar-refractivity contribution in [3.05, 3.63) is 17.5 Å². The molecule has 0 fully saturated rings. The fourth-order valence-electron chi connectivity index (χ4n) is 1.01. The summed E-state index contributed by atoms with van der Waals surface area (Å²) in [6.07, 6.45) is 0. The molecule has 0 aliphatic rings. The van der Waals surface area contributed by atoms with Crippen molar-refractivity contribution in [2.24, 2.45) is 0 Å². The van der Waals surface area contributed by atoms with Gasteiger partial charge in [0.05, 0.1) is 11.3 Å². The second-order valence-electron chi connectivity index (χ2n) is 4.19. The van der Waals surface area contributed by atoms with E-state index < -0.39 is 5.60 Å². The summed E-state index contributed by atoms with van der Waals surface area (Å²) in [6.45, 7) is 7.96. The summed E-state index contributed by atoms with van der Waals surface area (Å²) in [5, 5.41) is 16.7. The Morgan fingerprint density at radius 2 is 2.29 bits per heavy atom. The Bertz CT molecular complexity index is 289. The van der Waals surface area contributed by atoms with Crippen molar-refractivity contribution in [3.8, 4) is 0 Å². The van der Waals surface area contributed by atoms with E-state index in [-0.39, 0.29) is 6.04 Å². The van der Waals surface area contributed by atoms with Crippen LogP contribution in [0, 0.1) is 6.92 Å². The fraction of sp³-hybridized carbons (Fsp3) is 0.700. The normalized spacial score (nSPS) is 14.4. The Hall–Kier alpha value is -0.870. The zero-order valence-electron chi connectivity index (χ0n) is 9.16. The summed E-state index contributed by atoms with van der Waals surface area (Å²) < 4.78 is 4.93. The highest BCUT2D eigenvalue weighted by Gasteiger charge is 2.21. The maximum Gasteiger partial charge on any atom is 0.133 e. The number of nitrogens with one attached hydrogen (secondary N) is 1. The van der Waals surface area contributed by atoms with E-state index in [2.05, 4.69) is 10.5 Å². The van der Waals surface area contributed by atoms with Crippen molar-refractivity contribution in [1.29, 1.82) is 0 Å². The Labute approximate surface area is 84.3 Å². The van der Waals surface area contributed by atoms with E-state index in [1.54, 1.807) is 13.8 Å². The first-order valence-electron chi connectivity index (χ1n) is 4.77. The molecule has 0 radical (unpaired) electrons. The van der Waals surface area contributed by atoms with Crippen molar-refractivity contribution in [2.45, 2.75) is 45.9 Å². The highest BCUT2D eigenvalue weighted by atomic mass is 16.5. The first-order valence-corrected chi connectivity index (χ1v) is 4.77. The van der Waals surface area contributed by atoms with Gasteiger partial charge in [-0.2, -0.15) is 0 Å². The molecule has 80 valence electrons. The van der Waals surface area contributed by atoms with Gasteiger partial charge in [0.25, 0.3) is 0 Å². The van der Waals surface area contributed by atoms with Crippen LogP contribution in [0.4, 0.5) is 0 Å². The number of hydrogen-bond acceptors (Lipinski definition) is 4. The van der Waals surface area contributed by atoms with Crippen molar-refractivity contribution in [1.82, 2.24) is 10.5 Å². The molecule has 1 aromatic rings. The number of nitrogens with zero attached hydrogens (tertiary/aromatic N) is 1. The minimum absolute atomic E-state index is 0.0134. The van der Waals surface area contributed by atoms with Crippen molar-refractivity contribution < 1.29 is 9.63 Å². The van der Waals surface area contributed by atoms with Gasteiger partial charge in [-0.3, -0.25) is 0 Å². The fourth-order valence-corrected chi connectivity index (χ4v) is 1.01. The predicted molar refractivity (Wildman–Crippen MR) is 53.8 cm³/mol. The number of aromatic nitrogens is 1. The van der Waals surface area contributed by atoms with Crippen LogP contribution < -0.4 is 5.32 Å². The average Bonchev–Trinajstić information content (AvgIpc) is 2.45. The third-order valence-corrected chi connectivity index (χ3v) is 2.33. The van der Waals surface area contributed by atoms with Crippen LogP contribution in [0.5, 0.6) is 0 Å². The van der Waals surface area contributed by atoms with Gasteiger partial charge in [0, 0.05) is 18.7 Å². The van der Waals surface area contributed by atoms with Crippen LogP contribution in [0.3, 0.4) is 0 Å². The summed E-state index contributed by atoms with van der Waals surface area (Å²) in [7, 11) is 0. The maximum absolute atomic E-state index is 9.66. The van der Waals surface area contributed by atoms with E-state index in [4.69, 9.17) is 4.52 Å². The maximum atomic E-state index is 9.66. The molecular weight excluding hydrogens is 180 g/mol. The van der Waals surface area contributed by atoms with E-state index >= 15 is 0 Å². The van der Waals surface area contributed by atoms with Gasteiger partial charge in [-0.05, 0) is 27.7 Å². The molecule has 0 bridgehead atoms. The highest BCUT2D eigenvalue weighted by Crippen LogP contribution is 2.08. The molecule has 0 amide bonds. The van der Waals surface area contributed by atoms with Crippen LogP contribution >= 0.6 is 0 Å². The summed E-state index contributed by atoms with van der Waals surface area (Å²) in [5.41, 5.74) is 0.136. The molecule has 1 unspecified atom stereocenters. The van der Waals surface area contributed by atoms with E-state index in [1.165, 1.54) is 0 Å². The van der Waals surface area contributed by atoms with Gasteiger partial charge in [-0.25, -0.2) is 0 Å². The second kappa shape index (κ2) is 4.11. The van der Waals surface area contributed by atoms with Gasteiger partial charge < -0.3 is 14.9 Å². The predicted octanol–water partition coefficient (Wildman–Crippen LogP) is 1.23. The number of hydrogen-bond donors (Lipinski definition) is 2. The van der Waals surface area contributed by atoms with E-state index in [9.17, 15) is 5.11 Å². The molecule has 1 atom stereocenters. The van der Waals surface area contributed by atoms with Crippen LogP contribution in [0.2, 0.25) is 0 Å². The lowest BCUT2D eigenvalue weighted by atomic mass is 10.0. The molecule has 0 spiro atoms. The Kier molecular flexibility index (Phi) is 3.29. The monoisotopic (exact) mass is 198 g/mol. The van der Waals surface area contributed by atoms with Crippen molar-refractivity contribution in [3.63, 3.8) is 0 Å². The number of aryl methyl sites for hydroxylation is 1. The van der Waals surface area contributed by atoms with Crippen molar-refractivity contribution in [2.75, 3.05) is 0 Å². The lowest BCUT2D eigenvalue weighted by Gasteiger charge is -2.26. The van der Waals surface area contributed by atoms with E-state index in [0.717, 1.165) is 11.5 Å². The Morgan fingerprint density at radius 3 is 2.71 bits per heavy atom. The molecule has 1 rings (SSSR count). The summed E-state index contributed by atoms with van der Waals surface area (Å²) in [6, 6.07) is 1.89. The quantitative estimate of drug-likeness (QED) is 0.764. The number of aliphatic hydroxyl groups is 1. The zero-order chi connectivity index (χ0) is 10.8. The SMILES string of the molecule is Cc1cc(CNC(C)C(C)(C)O)no1. The highest BCUT2D eigenvalue weighted by molar-refractivity contribution is 5.03. The van der Waals surface area contributed by atoms with Gasteiger partial charge >= 0.3 is 0 Å². The molecule has 0 saturated carbocycles. The Morgan fingerprint density at radius 1 is 1.64 bits per heavy atom. The van der Waals surface area contributed by atoms with Gasteiger partial charge in [-0.1, -0.05) is 5.16 Å². The molecule has 2 N–H and O–H groups in total. The molecule has 0 aliphatic carbocycles. The topological polar surface area (TPSA) is 58.3 Å². The largest absolute Gasteiger partial charge is 0.389 e. The molecule has 14 heavy (non-hydrogen) atoms. The third-order valence-electron chi connectivity index (χ3n) is 2.33. The molecule has 0 aliphatic heterocycles. The minimum Gasteiger partial charge on any atom is -0.389 e. The average molecular weight is 198 g/mol. The standard InChI is InChI=1S/C10H18N2O2/c1-7-5-9(12-14-7)6-11-8(2)10(3,4)13/h5,8,11,13H,6H2,1-4H3. The molecular formula is C10H18N2O2. The molecule has 4 nitrogen and oxygen atoms in total. The van der Waals surface area contributed by atoms with Gasteiger partial charge in [0.2, 0.25) is 0 Å². The lowest BCUT2D eigenvalue weighted by molar-refractivity contribution is 0.0435. The Balaban J connectivity index is 2.41. The number of rotatable bonds is 4. The first kappa shape index (κ1) is 11.2. The van der Waals surface area contributed by atoms with Crippen LogP contribution in [-0.2, 0) is 6.54 Å². The lowest BCUT2D eigenvalue weighted by Crippen LogP contribution is -2.44. The van der Waals surface area contributed by atoms with Crippen LogP contribution in [0.25, 0.3) is 0 Å². The molecule has 1 heterocycles.